The van der Waals surface area contributed by atoms with E-state index in [1.165, 1.54) is 28.1 Å². The van der Waals surface area contributed by atoms with E-state index in [-0.39, 0.29) is 47.3 Å². The van der Waals surface area contributed by atoms with Gasteiger partial charge in [-0.15, -0.1) is 10.2 Å². The average molecular weight is 1080 g/mol. The van der Waals surface area contributed by atoms with Gasteiger partial charge in [0.05, 0.1) is 47.5 Å². The molecule has 1 N–H and O–H groups in total. The molecular formula is C41H33F18N13O2. The van der Waals surface area contributed by atoms with Crippen molar-refractivity contribution in [2.24, 2.45) is 14.1 Å². The number of aryl methyl sites for hydroxylation is 2. The zero-order valence-electron chi connectivity index (χ0n) is 37.8. The zero-order chi connectivity index (χ0) is 55.5. The Morgan fingerprint density at radius 3 is 1.09 bits per heavy atom. The van der Waals surface area contributed by atoms with Crippen molar-refractivity contribution in [2.75, 3.05) is 16.8 Å². The molecular weight excluding hydrogens is 1050 g/mol. The predicted octanol–water partition coefficient (Wildman–Crippen LogP) is 9.69. The number of amides is 1. The van der Waals surface area contributed by atoms with Crippen molar-refractivity contribution in [1.82, 2.24) is 55.7 Å². The number of anilines is 2. The number of nitrogens with zero attached hydrogens (tertiary/aromatic N) is 12. The van der Waals surface area contributed by atoms with Gasteiger partial charge in [0, 0.05) is 63.2 Å². The Bertz CT molecular complexity index is 2700. The van der Waals surface area contributed by atoms with Gasteiger partial charge in [-0.1, -0.05) is 17.1 Å². The van der Waals surface area contributed by atoms with Crippen molar-refractivity contribution in [3.63, 3.8) is 0 Å². The minimum Gasteiger partial charge on any atom is -0.354 e. The first-order chi connectivity index (χ1) is 34.0. The summed E-state index contributed by atoms with van der Waals surface area (Å²) in [7, 11) is 3.82. The van der Waals surface area contributed by atoms with E-state index in [4.69, 9.17) is 0 Å². The third-order valence-electron chi connectivity index (χ3n) is 9.94. The lowest BCUT2D eigenvalue weighted by Gasteiger charge is -2.23. The lowest BCUT2D eigenvalue weighted by Crippen LogP contribution is -2.28. The molecule has 0 spiro atoms. The van der Waals surface area contributed by atoms with Crippen LogP contribution in [0.4, 0.5) is 90.9 Å². The topological polar surface area (TPSA) is 166 Å². The number of carbonyl (C=O) groups is 2. The minimum absolute atomic E-state index is 0.0524. The van der Waals surface area contributed by atoms with Crippen LogP contribution in [0.5, 0.6) is 0 Å². The molecule has 2 aromatic carbocycles. The highest BCUT2D eigenvalue weighted by Crippen LogP contribution is 2.39. The summed E-state index contributed by atoms with van der Waals surface area (Å²) in [5.74, 6) is -2.17. The van der Waals surface area contributed by atoms with E-state index in [1.54, 1.807) is 0 Å². The second-order valence-corrected chi connectivity index (χ2v) is 15.5. The van der Waals surface area contributed by atoms with Crippen LogP contribution in [0.15, 0.2) is 60.9 Å². The quantitative estimate of drug-likeness (QED) is 0.0861. The van der Waals surface area contributed by atoms with Crippen LogP contribution in [0, 0.1) is 0 Å². The number of ketones is 1. The van der Waals surface area contributed by atoms with Gasteiger partial charge in [0.1, 0.15) is 11.4 Å². The maximum absolute atomic E-state index is 13.3. The van der Waals surface area contributed by atoms with Crippen LogP contribution in [-0.2, 0) is 77.3 Å². The van der Waals surface area contributed by atoms with Gasteiger partial charge < -0.3 is 15.1 Å². The number of carbonyl (C=O) groups excluding carboxylic acids is 2. The highest BCUT2D eigenvalue weighted by molar-refractivity contribution is 5.95. The SMILES string of the molecule is CCC(=O)c1ncc(C(F)(F)F)cc1CN(Cc1cc(C(F)(F)F)cc(C(F)(F)F)c1)c1nnn(C)n1.CNC(=O)c1ncc(C(F)(F)F)cc1CN(Cc1cc(C(F)(F)F)cc(C(F)(F)F)c1)c1nnn(C)n1. The van der Waals surface area contributed by atoms with Crippen molar-refractivity contribution >= 4 is 23.6 Å². The minimum atomic E-state index is -5.12. The largest absolute Gasteiger partial charge is 0.417 e. The molecule has 4 heterocycles. The van der Waals surface area contributed by atoms with E-state index in [9.17, 15) is 88.6 Å². The number of halogens is 18. The van der Waals surface area contributed by atoms with Crippen LogP contribution < -0.4 is 15.1 Å². The number of benzene rings is 2. The first kappa shape index (κ1) is 57.3. The number of aromatic nitrogens is 10. The van der Waals surface area contributed by atoms with E-state index in [0.717, 1.165) is 19.4 Å². The van der Waals surface area contributed by atoms with Crippen molar-refractivity contribution in [3.8, 4) is 0 Å². The molecule has 0 saturated heterocycles. The summed E-state index contributed by atoms with van der Waals surface area (Å²) >= 11 is 0. The summed E-state index contributed by atoms with van der Waals surface area (Å²) in [4.78, 5) is 35.5. The fourth-order valence-electron chi connectivity index (χ4n) is 6.58. The molecule has 0 fully saturated rings. The second-order valence-electron chi connectivity index (χ2n) is 15.5. The van der Waals surface area contributed by atoms with Crippen molar-refractivity contribution < 1.29 is 88.6 Å². The maximum atomic E-state index is 13.3. The highest BCUT2D eigenvalue weighted by Gasteiger charge is 2.40. The molecule has 6 rings (SSSR count). The van der Waals surface area contributed by atoms with E-state index in [2.05, 4.69) is 46.1 Å². The molecule has 0 atom stereocenters. The van der Waals surface area contributed by atoms with Crippen LogP contribution in [0.25, 0.3) is 0 Å². The molecule has 0 aliphatic rings. The fourth-order valence-corrected chi connectivity index (χ4v) is 6.58. The van der Waals surface area contributed by atoms with Gasteiger partial charge in [-0.3, -0.25) is 19.6 Å². The van der Waals surface area contributed by atoms with Crippen LogP contribution in [0.2, 0.25) is 0 Å². The number of hydrogen-bond acceptors (Lipinski definition) is 12. The molecule has 0 aliphatic carbocycles. The van der Waals surface area contributed by atoms with Gasteiger partial charge in [0.15, 0.2) is 5.78 Å². The van der Waals surface area contributed by atoms with Gasteiger partial charge in [-0.2, -0.15) is 88.6 Å². The normalized spacial score (nSPS) is 12.6. The summed E-state index contributed by atoms with van der Waals surface area (Å²) in [6, 6.07) is 2.98. The summed E-state index contributed by atoms with van der Waals surface area (Å²) in [5.41, 5.74) is -11.2. The fraction of sp³-hybridized carbons (Fsp3) is 0.366. The van der Waals surface area contributed by atoms with Crippen LogP contribution >= 0.6 is 0 Å². The predicted molar refractivity (Wildman–Crippen MR) is 217 cm³/mol. The number of hydrogen-bond donors (Lipinski definition) is 1. The summed E-state index contributed by atoms with van der Waals surface area (Å²) < 4.78 is 240. The third kappa shape index (κ3) is 14.7. The smallest absolute Gasteiger partial charge is 0.354 e. The Kier molecular flexibility index (Phi) is 16.6. The molecule has 15 nitrogen and oxygen atoms in total. The van der Waals surface area contributed by atoms with Crippen molar-refractivity contribution in [3.05, 3.63) is 128 Å². The third-order valence-corrected chi connectivity index (χ3v) is 9.94. The molecule has 0 bridgehead atoms. The highest BCUT2D eigenvalue weighted by atomic mass is 19.4. The van der Waals surface area contributed by atoms with Crippen molar-refractivity contribution in [1.29, 1.82) is 0 Å². The zero-order valence-corrected chi connectivity index (χ0v) is 37.8. The standard InChI is InChI=1S/C21H17F9N6O.C20H16F9N7O/c1-3-16(37)17-12(6-15(8-31-17)21(28,29)30)10-36(18-32-34-35(2)33-18)9-11-4-13(19(22,23)24)7-14(5-11)20(25,26)27;1-30-16(37)15-11(5-14(7-31-15)20(27,28)29)9-36(17-32-34-35(2)33-17)8-10-3-12(18(21,22)23)6-13(4-10)19(24,25)26/h4-8H,3,9-10H2,1-2H3;3-7H,8-9H2,1-2H3,(H,30,37). The van der Waals surface area contributed by atoms with Crippen molar-refractivity contribution in [2.45, 2.75) is 76.6 Å². The number of nitrogens with one attached hydrogen (secondary N) is 1. The summed E-state index contributed by atoms with van der Waals surface area (Å²) in [6.45, 7) is -1.24. The average Bonchev–Trinajstić information content (AvgIpc) is 3.94. The number of tetrazole rings is 2. The number of Topliss-reactive ketones (excluding diaryl/α,β-unsaturated/α-hetero) is 1. The molecule has 74 heavy (non-hydrogen) atoms. The Labute approximate surface area is 403 Å². The second kappa shape index (κ2) is 21.4. The van der Waals surface area contributed by atoms with Crippen LogP contribution in [-0.4, -0.2) is 69.1 Å². The monoisotopic (exact) mass is 1080 g/mol. The molecule has 4 aromatic heterocycles. The van der Waals surface area contributed by atoms with E-state index < -0.39 is 125 Å². The molecule has 1 amide bonds. The lowest BCUT2D eigenvalue weighted by atomic mass is 10.0. The molecule has 0 radical (unpaired) electrons. The van der Waals surface area contributed by atoms with E-state index in [0.29, 0.717) is 48.8 Å². The number of pyridine rings is 2. The molecule has 0 saturated carbocycles. The van der Waals surface area contributed by atoms with Crippen LogP contribution in [0.3, 0.4) is 0 Å². The first-order valence-corrected chi connectivity index (χ1v) is 20.4. The van der Waals surface area contributed by atoms with Crippen LogP contribution in [0.1, 0.15) is 90.0 Å². The van der Waals surface area contributed by atoms with E-state index in [1.807, 2.05) is 0 Å². The van der Waals surface area contributed by atoms with Gasteiger partial charge in [0.25, 0.3) is 17.8 Å². The molecule has 0 unspecified atom stereocenters. The lowest BCUT2D eigenvalue weighted by molar-refractivity contribution is -0.144. The Balaban J connectivity index is 0.000000274. The molecule has 33 heteroatoms. The first-order valence-electron chi connectivity index (χ1n) is 20.4. The van der Waals surface area contributed by atoms with Gasteiger partial charge >= 0.3 is 37.1 Å². The number of alkyl halides is 18. The van der Waals surface area contributed by atoms with E-state index >= 15 is 0 Å². The van der Waals surface area contributed by atoms with Gasteiger partial charge in [0.2, 0.25) is 0 Å². The molecule has 6 aromatic rings. The Hall–Kier alpha value is -7.64. The summed E-state index contributed by atoms with van der Waals surface area (Å²) in [5, 5.41) is 24.3. The molecule has 0 aliphatic heterocycles. The van der Waals surface area contributed by atoms with Gasteiger partial charge in [-0.25, -0.2) is 0 Å². The summed E-state index contributed by atoms with van der Waals surface area (Å²) in [6.07, 6.45) is -29.4. The molecule has 400 valence electrons. The maximum Gasteiger partial charge on any atom is 0.417 e. The van der Waals surface area contributed by atoms with Gasteiger partial charge in [-0.05, 0) is 70.1 Å². The number of rotatable bonds is 13. The Morgan fingerprint density at radius 1 is 0.486 bits per heavy atom. The Morgan fingerprint density at radius 2 is 0.811 bits per heavy atom.